The number of hydrogen-bond acceptors (Lipinski definition) is 2. The van der Waals surface area contributed by atoms with Crippen molar-refractivity contribution >= 4 is 45.7 Å². The molecular formula is C10H18I2N4Pt. The van der Waals surface area contributed by atoms with Gasteiger partial charge in [0.1, 0.15) is 0 Å². The molecule has 0 N–H and O–H groups in total. The Morgan fingerprint density at radius 1 is 1.29 bits per heavy atom. The van der Waals surface area contributed by atoms with Crippen LogP contribution in [0.5, 0.6) is 0 Å². The van der Waals surface area contributed by atoms with Gasteiger partial charge in [-0.3, -0.25) is 0 Å². The topological polar surface area (TPSA) is 26.0 Å². The molecule has 2 rings (SSSR count). The van der Waals surface area contributed by atoms with Gasteiger partial charge < -0.3 is 0 Å². The summed E-state index contributed by atoms with van der Waals surface area (Å²) < 4.78 is 7.21. The van der Waals surface area contributed by atoms with Crippen molar-refractivity contribution in [1.29, 1.82) is 0 Å². The van der Waals surface area contributed by atoms with Crippen LogP contribution >= 0.6 is 45.7 Å². The first kappa shape index (κ1) is 16.3. The standard InChI is InChI=1S/C6H11I2N.C4H7N3.Pt/c7-9(8)6-4-2-1-3-5-6;1-6-3-5-7(2)4-6;/h6H,1-5H2;3H,1-2H3;. The van der Waals surface area contributed by atoms with Crippen molar-refractivity contribution in [2.24, 2.45) is 14.1 Å². The van der Waals surface area contributed by atoms with Crippen LogP contribution in [0.4, 0.5) is 0 Å². The van der Waals surface area contributed by atoms with Crippen LogP contribution in [0.2, 0.25) is 0 Å². The van der Waals surface area contributed by atoms with Crippen molar-refractivity contribution in [3.8, 4) is 0 Å². The summed E-state index contributed by atoms with van der Waals surface area (Å²) in [6, 6.07) is 0.861. The summed E-state index contributed by atoms with van der Waals surface area (Å²) in [5, 5.41) is 3.99. The molecule has 102 valence electrons. The predicted molar refractivity (Wildman–Crippen MR) is 82.2 cm³/mol. The monoisotopic (exact) mass is 643 g/mol. The molecule has 0 aliphatic heterocycles. The molecule has 4 nitrogen and oxygen atoms in total. The summed E-state index contributed by atoms with van der Waals surface area (Å²) in [5.74, 6) is 0. The fraction of sp³-hybridized carbons (Fsp3) is 0.800. The molecule has 1 saturated carbocycles. The largest absolute Gasteiger partial charge is 0.185 e. The van der Waals surface area contributed by atoms with Gasteiger partial charge in [-0.1, -0.05) is 19.3 Å². The molecule has 0 spiro atoms. The van der Waals surface area contributed by atoms with Crippen molar-refractivity contribution in [3.05, 3.63) is 10.1 Å². The predicted octanol–water partition coefficient (Wildman–Crippen LogP) is 3.16. The molecule has 7 heteroatoms. The van der Waals surface area contributed by atoms with Crippen molar-refractivity contribution in [3.63, 3.8) is 0 Å². The summed E-state index contributed by atoms with van der Waals surface area (Å²) in [6.07, 6.45) is 8.93. The van der Waals surface area contributed by atoms with E-state index in [1.807, 2.05) is 23.3 Å². The summed E-state index contributed by atoms with van der Waals surface area (Å²) in [6.45, 7) is 0. The van der Waals surface area contributed by atoms with Crippen LogP contribution < -0.4 is 0 Å². The molecule has 0 amide bonds. The number of hydrogen-bond donors (Lipinski definition) is 0. The Kier molecular flexibility index (Phi) is 8.08. The van der Waals surface area contributed by atoms with Gasteiger partial charge in [-0.2, -0.15) is 1.33 Å². The summed E-state index contributed by atoms with van der Waals surface area (Å²) in [4.78, 5) is 0. The van der Waals surface area contributed by atoms with E-state index in [1.54, 1.807) is 6.33 Å². The zero-order valence-electron chi connectivity index (χ0n) is 10.1. The molecule has 0 unspecified atom stereocenters. The van der Waals surface area contributed by atoms with Crippen molar-refractivity contribution in [2.75, 3.05) is 0 Å². The third-order valence-corrected chi connectivity index (χ3v) is 5.88. The van der Waals surface area contributed by atoms with E-state index < -0.39 is 0 Å². The van der Waals surface area contributed by atoms with Crippen molar-refractivity contribution in [2.45, 2.75) is 38.1 Å². The van der Waals surface area contributed by atoms with E-state index in [4.69, 9.17) is 0 Å². The molecule has 0 atom stereocenters. The minimum Gasteiger partial charge on any atom is -0.185 e. The molecule has 0 radical (unpaired) electrons. The second-order valence-corrected chi connectivity index (χ2v) is 9.10. The van der Waals surface area contributed by atoms with Crippen LogP contribution in [0, 0.1) is 3.80 Å². The average molecular weight is 643 g/mol. The van der Waals surface area contributed by atoms with Gasteiger partial charge in [0.15, 0.2) is 0 Å². The van der Waals surface area contributed by atoms with Gasteiger partial charge in [-0.15, -0.1) is 0 Å². The molecular weight excluding hydrogens is 625 g/mol. The Hall–Kier alpha value is 1.25. The van der Waals surface area contributed by atoms with E-state index in [1.165, 1.54) is 32.1 Å². The van der Waals surface area contributed by atoms with E-state index in [-0.39, 0.29) is 0 Å². The van der Waals surface area contributed by atoms with Crippen LogP contribution in [-0.2, 0) is 33.4 Å². The molecule has 1 aliphatic carbocycles. The van der Waals surface area contributed by atoms with Gasteiger partial charge in [0.2, 0.25) is 0 Å². The van der Waals surface area contributed by atoms with Gasteiger partial charge in [0, 0.05) is 51.8 Å². The van der Waals surface area contributed by atoms with E-state index >= 15 is 0 Å². The van der Waals surface area contributed by atoms with E-state index in [2.05, 4.69) is 71.5 Å². The second-order valence-electron chi connectivity index (χ2n) is 4.16. The zero-order valence-corrected chi connectivity index (χ0v) is 16.6. The first-order chi connectivity index (χ1) is 8.02. The minimum absolute atomic E-state index is 0.861. The number of rotatable bonds is 1. The molecule has 0 bridgehead atoms. The third kappa shape index (κ3) is 5.82. The van der Waals surface area contributed by atoms with Crippen LogP contribution in [-0.4, -0.2) is 21.7 Å². The van der Waals surface area contributed by atoms with Crippen LogP contribution in [0.1, 0.15) is 32.1 Å². The van der Waals surface area contributed by atoms with Gasteiger partial charge >= 0.3 is 57.9 Å². The van der Waals surface area contributed by atoms with Crippen molar-refractivity contribution in [1.82, 2.24) is 15.7 Å². The molecule has 1 aromatic heterocycles. The van der Waals surface area contributed by atoms with Crippen molar-refractivity contribution < 1.29 is 19.4 Å². The summed E-state index contributed by atoms with van der Waals surface area (Å²) in [7, 11) is 3.89. The SMILES string of the molecule is Cn1cnn(C)[c]1=[Pt].IN(I)C1CCCCC1. The Morgan fingerprint density at radius 3 is 2.12 bits per heavy atom. The first-order valence-electron chi connectivity index (χ1n) is 5.63. The second kappa shape index (κ2) is 8.43. The normalized spacial score (nSPS) is 16.9. The maximum absolute atomic E-state index is 3.99. The molecule has 0 saturated heterocycles. The van der Waals surface area contributed by atoms with Gasteiger partial charge in [-0.05, 0) is 12.8 Å². The fourth-order valence-electron chi connectivity index (χ4n) is 1.75. The number of aromatic nitrogens is 3. The van der Waals surface area contributed by atoms with Crippen LogP contribution in [0.25, 0.3) is 0 Å². The zero-order chi connectivity index (χ0) is 12.8. The summed E-state index contributed by atoms with van der Waals surface area (Å²) >= 11 is 6.98. The van der Waals surface area contributed by atoms with Gasteiger partial charge in [-0.25, -0.2) is 0 Å². The molecule has 1 fully saturated rings. The molecule has 17 heavy (non-hydrogen) atoms. The fourth-order valence-corrected chi connectivity index (χ4v) is 3.12. The maximum atomic E-state index is 3.99. The van der Waals surface area contributed by atoms with E-state index in [0.29, 0.717) is 0 Å². The Balaban J connectivity index is 0.000000171. The minimum atomic E-state index is 0.861. The average Bonchev–Trinajstić information content (AvgIpc) is 2.62. The quantitative estimate of drug-likeness (QED) is 0.348. The molecule has 1 aliphatic rings. The Bertz CT molecular complexity index is 359. The number of nitrogens with zero attached hydrogens (tertiary/aromatic N) is 4. The molecule has 0 aromatic carbocycles. The molecule has 1 aromatic rings. The summed E-state index contributed by atoms with van der Waals surface area (Å²) in [5.41, 5.74) is 0. The van der Waals surface area contributed by atoms with Crippen LogP contribution in [0.3, 0.4) is 0 Å². The van der Waals surface area contributed by atoms with Gasteiger partial charge in [0.25, 0.3) is 0 Å². The Labute approximate surface area is 142 Å². The van der Waals surface area contributed by atoms with E-state index in [9.17, 15) is 0 Å². The number of halogens is 2. The van der Waals surface area contributed by atoms with Crippen LogP contribution in [0.15, 0.2) is 6.33 Å². The maximum Gasteiger partial charge on any atom is 0.0311 e. The smallest absolute Gasteiger partial charge is 0.0311 e. The molecule has 1 heterocycles. The van der Waals surface area contributed by atoms with E-state index in [0.717, 1.165) is 9.85 Å². The Morgan fingerprint density at radius 2 is 1.88 bits per heavy atom. The third-order valence-electron chi connectivity index (χ3n) is 2.77. The number of aryl methyl sites for hydroxylation is 2. The first-order valence-corrected chi connectivity index (χ1v) is 8.69. The van der Waals surface area contributed by atoms with Gasteiger partial charge in [0.05, 0.1) is 0 Å².